The van der Waals surface area contributed by atoms with Crippen LogP contribution in [0.25, 0.3) is 0 Å². The van der Waals surface area contributed by atoms with Gasteiger partial charge < -0.3 is 29.2 Å². The Labute approximate surface area is 168 Å². The van der Waals surface area contributed by atoms with E-state index in [1.807, 2.05) is 30.0 Å². The highest BCUT2D eigenvalue weighted by Gasteiger charge is 2.28. The van der Waals surface area contributed by atoms with Gasteiger partial charge in [0, 0.05) is 45.8 Å². The van der Waals surface area contributed by atoms with Crippen LogP contribution in [0, 0.1) is 0 Å². The molecule has 7 heteroatoms. The summed E-state index contributed by atoms with van der Waals surface area (Å²) in [5, 5.41) is 3.16. The zero-order valence-electron chi connectivity index (χ0n) is 17.2. The average molecular weight is 395 g/mol. The molecule has 1 saturated carbocycles. The second kappa shape index (κ2) is 13.4. The van der Waals surface area contributed by atoms with Gasteiger partial charge in [0.05, 0.1) is 26.4 Å². The molecule has 0 bridgehead atoms. The fraction of sp³-hybridized carbons (Fsp3) is 0.667. The number of hydrogen-bond acceptors (Lipinski definition) is 6. The number of rotatable bonds is 11. The number of carbonyl (C=O) groups excluding carboxylic acids is 1. The van der Waals surface area contributed by atoms with Gasteiger partial charge in [-0.05, 0) is 37.5 Å². The molecule has 158 valence electrons. The van der Waals surface area contributed by atoms with Crippen molar-refractivity contribution in [2.24, 2.45) is 0 Å². The fourth-order valence-corrected chi connectivity index (χ4v) is 2.81. The summed E-state index contributed by atoms with van der Waals surface area (Å²) in [6.07, 6.45) is 3.98. The molecule has 1 N–H and O–H groups in total. The van der Waals surface area contributed by atoms with Crippen LogP contribution >= 0.6 is 0 Å². The molecule has 1 aliphatic carbocycles. The predicted molar refractivity (Wildman–Crippen MR) is 108 cm³/mol. The van der Waals surface area contributed by atoms with E-state index in [1.54, 1.807) is 7.11 Å². The van der Waals surface area contributed by atoms with Crippen LogP contribution < -0.4 is 14.8 Å². The standard InChI is InChI=1S/C17H25NO4.C4H9NO/c1-3-21-16-8-5-14(12-18(13-19)15-6-7-15)11-17(16)22-10-4-9-20-2;1-3-6-4-2-5-1/h5,8,11,13,15H,3-4,6-7,9-10,12H2,1-2H3;5H,1-4H2. The number of benzene rings is 1. The van der Waals surface area contributed by atoms with Crippen LogP contribution in [-0.4, -0.2) is 70.6 Å². The molecule has 1 heterocycles. The van der Waals surface area contributed by atoms with E-state index in [0.717, 1.165) is 69.0 Å². The Bertz CT molecular complexity index is 550. The van der Waals surface area contributed by atoms with E-state index >= 15 is 0 Å². The fourth-order valence-electron chi connectivity index (χ4n) is 2.81. The molecule has 28 heavy (non-hydrogen) atoms. The van der Waals surface area contributed by atoms with Crippen molar-refractivity contribution < 1.29 is 23.7 Å². The van der Waals surface area contributed by atoms with Crippen LogP contribution in [0.4, 0.5) is 0 Å². The van der Waals surface area contributed by atoms with Crippen LogP contribution in [0.5, 0.6) is 11.5 Å². The molecule has 1 aromatic rings. The van der Waals surface area contributed by atoms with E-state index in [2.05, 4.69) is 5.32 Å². The van der Waals surface area contributed by atoms with Crippen molar-refractivity contribution in [2.75, 3.05) is 53.2 Å². The first-order valence-electron chi connectivity index (χ1n) is 10.2. The zero-order valence-corrected chi connectivity index (χ0v) is 17.2. The maximum Gasteiger partial charge on any atom is 0.210 e. The minimum atomic E-state index is 0.412. The molecule has 0 atom stereocenters. The number of nitrogens with one attached hydrogen (secondary N) is 1. The number of nitrogens with zero attached hydrogens (tertiary/aromatic N) is 1. The van der Waals surface area contributed by atoms with Crippen molar-refractivity contribution in [3.05, 3.63) is 23.8 Å². The smallest absolute Gasteiger partial charge is 0.210 e. The summed E-state index contributed by atoms with van der Waals surface area (Å²) >= 11 is 0. The lowest BCUT2D eigenvalue weighted by molar-refractivity contribution is -0.119. The Morgan fingerprint density at radius 3 is 2.50 bits per heavy atom. The lowest BCUT2D eigenvalue weighted by Gasteiger charge is -2.18. The molecule has 0 radical (unpaired) electrons. The van der Waals surface area contributed by atoms with Gasteiger partial charge in [0.2, 0.25) is 6.41 Å². The highest BCUT2D eigenvalue weighted by molar-refractivity contribution is 5.50. The average Bonchev–Trinajstić information content (AvgIpc) is 3.58. The van der Waals surface area contributed by atoms with Crippen molar-refractivity contribution in [2.45, 2.75) is 38.8 Å². The van der Waals surface area contributed by atoms with E-state index in [9.17, 15) is 4.79 Å². The summed E-state index contributed by atoms with van der Waals surface area (Å²) in [4.78, 5) is 13.0. The van der Waals surface area contributed by atoms with Gasteiger partial charge in [0.15, 0.2) is 11.5 Å². The van der Waals surface area contributed by atoms with Gasteiger partial charge in [-0.25, -0.2) is 0 Å². The van der Waals surface area contributed by atoms with E-state index in [1.165, 1.54) is 0 Å². The van der Waals surface area contributed by atoms with Gasteiger partial charge >= 0.3 is 0 Å². The molecule has 7 nitrogen and oxygen atoms in total. The third-order valence-corrected chi connectivity index (χ3v) is 4.42. The summed E-state index contributed by atoms with van der Waals surface area (Å²) in [6, 6.07) is 6.29. The quantitative estimate of drug-likeness (QED) is 0.459. The molecule has 0 spiro atoms. The van der Waals surface area contributed by atoms with E-state index in [4.69, 9.17) is 18.9 Å². The van der Waals surface area contributed by atoms with Gasteiger partial charge in [-0.15, -0.1) is 0 Å². The summed E-state index contributed by atoms with van der Waals surface area (Å²) in [5.74, 6) is 1.48. The molecule has 1 saturated heterocycles. The second-order valence-electron chi connectivity index (χ2n) is 6.78. The lowest BCUT2D eigenvalue weighted by atomic mass is 10.2. The van der Waals surface area contributed by atoms with Crippen LogP contribution in [0.1, 0.15) is 31.7 Å². The number of morpholine rings is 1. The molecule has 1 amide bonds. The summed E-state index contributed by atoms with van der Waals surface area (Å²) in [6.45, 7) is 8.25. The Hall–Kier alpha value is -1.83. The SMILES string of the molecule is C1COCCN1.CCOc1ccc(CN(C=O)C2CC2)cc1OCCCOC. The van der Waals surface area contributed by atoms with Gasteiger partial charge in [-0.3, -0.25) is 4.79 Å². The first-order chi connectivity index (χ1) is 13.8. The molecule has 3 rings (SSSR count). The number of amides is 1. The number of carbonyl (C=O) groups is 1. The highest BCUT2D eigenvalue weighted by atomic mass is 16.5. The van der Waals surface area contributed by atoms with Crippen molar-refractivity contribution >= 4 is 6.41 Å². The van der Waals surface area contributed by atoms with E-state index in [0.29, 0.717) is 32.4 Å². The zero-order chi connectivity index (χ0) is 20.0. The van der Waals surface area contributed by atoms with Gasteiger partial charge in [-0.1, -0.05) is 6.07 Å². The van der Waals surface area contributed by atoms with Crippen molar-refractivity contribution in [3.8, 4) is 11.5 Å². The third-order valence-electron chi connectivity index (χ3n) is 4.42. The molecule has 1 aromatic carbocycles. The monoisotopic (exact) mass is 394 g/mol. The largest absolute Gasteiger partial charge is 0.490 e. The number of methoxy groups -OCH3 is 1. The number of ether oxygens (including phenoxy) is 4. The Balaban J connectivity index is 0.000000397. The lowest BCUT2D eigenvalue weighted by Crippen LogP contribution is -2.30. The van der Waals surface area contributed by atoms with Gasteiger partial charge in [0.25, 0.3) is 0 Å². The predicted octanol–water partition coefficient (Wildman–Crippen LogP) is 2.23. The van der Waals surface area contributed by atoms with Crippen LogP contribution in [-0.2, 0) is 20.8 Å². The summed E-state index contributed by atoms with van der Waals surface area (Å²) in [7, 11) is 1.68. The van der Waals surface area contributed by atoms with E-state index < -0.39 is 0 Å². The maximum atomic E-state index is 11.1. The second-order valence-corrected chi connectivity index (χ2v) is 6.78. The minimum Gasteiger partial charge on any atom is -0.490 e. The Morgan fingerprint density at radius 2 is 1.96 bits per heavy atom. The molecule has 2 aliphatic rings. The highest BCUT2D eigenvalue weighted by Crippen LogP contribution is 2.31. The van der Waals surface area contributed by atoms with Crippen molar-refractivity contribution in [1.29, 1.82) is 0 Å². The number of hydrogen-bond donors (Lipinski definition) is 1. The topological polar surface area (TPSA) is 69.3 Å². The van der Waals surface area contributed by atoms with Crippen LogP contribution in [0.3, 0.4) is 0 Å². The molecule has 0 aromatic heterocycles. The van der Waals surface area contributed by atoms with E-state index in [-0.39, 0.29) is 0 Å². The Morgan fingerprint density at radius 1 is 1.18 bits per heavy atom. The molecule has 1 aliphatic heterocycles. The maximum absolute atomic E-state index is 11.1. The summed E-state index contributed by atoms with van der Waals surface area (Å²) in [5.41, 5.74) is 1.06. The molecule has 2 fully saturated rings. The normalized spacial score (nSPS) is 15.9. The van der Waals surface area contributed by atoms with Crippen LogP contribution in [0.2, 0.25) is 0 Å². The first kappa shape index (κ1) is 22.5. The molecule has 0 unspecified atom stereocenters. The third kappa shape index (κ3) is 8.46. The Kier molecular flexibility index (Phi) is 10.7. The van der Waals surface area contributed by atoms with Gasteiger partial charge in [-0.2, -0.15) is 0 Å². The first-order valence-corrected chi connectivity index (χ1v) is 10.2. The van der Waals surface area contributed by atoms with Crippen LogP contribution in [0.15, 0.2) is 18.2 Å². The summed E-state index contributed by atoms with van der Waals surface area (Å²) < 4.78 is 21.4. The minimum absolute atomic E-state index is 0.412. The van der Waals surface area contributed by atoms with Gasteiger partial charge in [0.1, 0.15) is 0 Å². The van der Waals surface area contributed by atoms with Crippen molar-refractivity contribution in [3.63, 3.8) is 0 Å². The molecular weight excluding hydrogens is 360 g/mol. The molecular formula is C21H34N2O5. The van der Waals surface area contributed by atoms with Crippen molar-refractivity contribution in [1.82, 2.24) is 10.2 Å².